The Labute approximate surface area is 181 Å². The Hall–Kier alpha value is -3.52. The highest BCUT2D eigenvalue weighted by molar-refractivity contribution is 7.10. The summed E-state index contributed by atoms with van der Waals surface area (Å²) in [6, 6.07) is 13.6. The van der Waals surface area contributed by atoms with Crippen LogP contribution >= 0.6 is 11.3 Å². The first-order valence-corrected chi connectivity index (χ1v) is 10.8. The fourth-order valence-electron chi connectivity index (χ4n) is 3.90. The first-order chi connectivity index (χ1) is 15.1. The van der Waals surface area contributed by atoms with E-state index in [1.54, 1.807) is 11.3 Å². The van der Waals surface area contributed by atoms with Gasteiger partial charge in [-0.05, 0) is 53.8 Å². The molecule has 2 aromatic heterocycles. The van der Waals surface area contributed by atoms with Gasteiger partial charge in [-0.15, -0.1) is 11.3 Å². The number of hydrogen-bond donors (Lipinski definition) is 1. The van der Waals surface area contributed by atoms with Crippen molar-refractivity contribution in [1.29, 1.82) is 0 Å². The number of thiophene rings is 1. The van der Waals surface area contributed by atoms with E-state index in [9.17, 15) is 14.0 Å². The van der Waals surface area contributed by atoms with Gasteiger partial charge in [0.1, 0.15) is 12.4 Å². The molecular formula is C23H19FN4O2S. The number of benzene rings is 2. The van der Waals surface area contributed by atoms with Crippen LogP contribution in [-0.2, 0) is 24.3 Å². The second-order valence-electron chi connectivity index (χ2n) is 7.44. The molecule has 0 atom stereocenters. The summed E-state index contributed by atoms with van der Waals surface area (Å²) in [5.74, 6) is -0.863. The Morgan fingerprint density at radius 1 is 1.19 bits per heavy atom. The highest BCUT2D eigenvalue weighted by Crippen LogP contribution is 2.32. The zero-order valence-electron chi connectivity index (χ0n) is 16.5. The Morgan fingerprint density at radius 2 is 2.06 bits per heavy atom. The van der Waals surface area contributed by atoms with Crippen molar-refractivity contribution in [2.24, 2.45) is 0 Å². The summed E-state index contributed by atoms with van der Waals surface area (Å²) >= 11 is 1.78. The molecule has 2 aromatic carbocycles. The third-order valence-corrected chi connectivity index (χ3v) is 6.45. The third kappa shape index (κ3) is 3.82. The molecule has 1 amide bonds. The van der Waals surface area contributed by atoms with Gasteiger partial charge in [-0.1, -0.05) is 12.1 Å². The van der Waals surface area contributed by atoms with Crippen LogP contribution in [0.3, 0.4) is 0 Å². The van der Waals surface area contributed by atoms with Crippen LogP contribution in [0.5, 0.6) is 0 Å². The minimum absolute atomic E-state index is 0.149. The van der Waals surface area contributed by atoms with Crippen LogP contribution in [0.2, 0.25) is 0 Å². The molecule has 0 radical (unpaired) electrons. The number of carbonyl (C=O) groups excluding carboxylic acids is 1. The number of carbonyl (C=O) groups is 1. The number of amides is 1. The maximum atomic E-state index is 13.5. The van der Waals surface area contributed by atoms with Crippen molar-refractivity contribution in [3.8, 4) is 0 Å². The van der Waals surface area contributed by atoms with Crippen LogP contribution in [0, 0.1) is 5.82 Å². The maximum absolute atomic E-state index is 13.5. The van der Waals surface area contributed by atoms with Gasteiger partial charge in [0.2, 0.25) is 5.91 Å². The number of nitrogens with zero attached hydrogens (tertiary/aromatic N) is 3. The summed E-state index contributed by atoms with van der Waals surface area (Å²) in [6.07, 6.45) is 2.29. The van der Waals surface area contributed by atoms with E-state index in [0.717, 1.165) is 31.3 Å². The highest BCUT2D eigenvalue weighted by Gasteiger charge is 2.20. The number of aromatic nitrogens is 2. The molecule has 6 nitrogen and oxygen atoms in total. The molecule has 0 aliphatic carbocycles. The average molecular weight is 434 g/mol. The second kappa shape index (κ2) is 7.96. The zero-order chi connectivity index (χ0) is 21.4. The zero-order valence-corrected chi connectivity index (χ0v) is 17.4. The molecular weight excluding hydrogens is 415 g/mol. The number of nitrogens with one attached hydrogen (secondary N) is 1. The first kappa shape index (κ1) is 19.4. The molecule has 0 unspecified atom stereocenters. The van der Waals surface area contributed by atoms with Gasteiger partial charge < -0.3 is 10.2 Å². The number of hydrogen-bond acceptors (Lipinski definition) is 5. The van der Waals surface area contributed by atoms with E-state index < -0.39 is 11.4 Å². The summed E-state index contributed by atoms with van der Waals surface area (Å²) in [5, 5.41) is 5.18. The number of fused-ring (bicyclic) bond motifs is 2. The van der Waals surface area contributed by atoms with Gasteiger partial charge in [-0.2, -0.15) is 0 Å². The molecule has 3 heterocycles. The first-order valence-electron chi connectivity index (χ1n) is 9.92. The molecule has 0 spiro atoms. The van der Waals surface area contributed by atoms with Crippen molar-refractivity contribution in [1.82, 2.24) is 9.55 Å². The number of para-hydroxylation sites is 2. The van der Waals surface area contributed by atoms with Gasteiger partial charge >= 0.3 is 0 Å². The number of anilines is 2. The molecule has 0 bridgehead atoms. The normalized spacial score (nSPS) is 13.3. The van der Waals surface area contributed by atoms with E-state index in [4.69, 9.17) is 0 Å². The van der Waals surface area contributed by atoms with E-state index in [1.807, 2.05) is 24.3 Å². The van der Waals surface area contributed by atoms with Crippen molar-refractivity contribution in [3.63, 3.8) is 0 Å². The Kier molecular flexibility index (Phi) is 4.99. The average Bonchev–Trinajstić information content (AvgIpc) is 3.24. The van der Waals surface area contributed by atoms with Gasteiger partial charge in [0.25, 0.3) is 5.56 Å². The highest BCUT2D eigenvalue weighted by atomic mass is 32.1. The van der Waals surface area contributed by atoms with Gasteiger partial charge in [-0.3, -0.25) is 14.2 Å². The minimum Gasteiger partial charge on any atom is -0.365 e. The molecule has 0 saturated carbocycles. The van der Waals surface area contributed by atoms with Gasteiger partial charge in [0, 0.05) is 18.0 Å². The van der Waals surface area contributed by atoms with Crippen molar-refractivity contribution in [2.75, 3.05) is 16.8 Å². The number of halogens is 1. The van der Waals surface area contributed by atoms with Crippen molar-refractivity contribution < 1.29 is 9.18 Å². The van der Waals surface area contributed by atoms with Crippen LogP contribution in [0.1, 0.15) is 10.4 Å². The molecule has 1 aliphatic rings. The van der Waals surface area contributed by atoms with Crippen LogP contribution in [0.15, 0.2) is 65.0 Å². The largest absolute Gasteiger partial charge is 0.365 e. The Bertz CT molecular complexity index is 1350. The van der Waals surface area contributed by atoms with Crippen LogP contribution < -0.4 is 15.8 Å². The SMILES string of the molecule is O=C(Cn1cnc2ccc(F)cc2c1=O)Nc1ccccc1N1CCc2sccc2C1. The summed E-state index contributed by atoms with van der Waals surface area (Å²) in [4.78, 5) is 33.2. The lowest BCUT2D eigenvalue weighted by Crippen LogP contribution is -2.31. The topological polar surface area (TPSA) is 67.2 Å². The molecule has 0 saturated heterocycles. The molecule has 156 valence electrons. The molecule has 5 rings (SSSR count). The fourth-order valence-corrected chi connectivity index (χ4v) is 4.79. The molecule has 8 heteroatoms. The van der Waals surface area contributed by atoms with Gasteiger partial charge in [0.05, 0.1) is 28.6 Å². The van der Waals surface area contributed by atoms with E-state index in [0.29, 0.717) is 11.2 Å². The van der Waals surface area contributed by atoms with Crippen molar-refractivity contribution in [2.45, 2.75) is 19.5 Å². The quantitative estimate of drug-likeness (QED) is 0.531. The number of rotatable bonds is 4. The van der Waals surface area contributed by atoms with E-state index >= 15 is 0 Å². The molecule has 1 N–H and O–H groups in total. The monoisotopic (exact) mass is 434 g/mol. The third-order valence-electron chi connectivity index (χ3n) is 5.43. The van der Waals surface area contributed by atoms with Crippen molar-refractivity contribution in [3.05, 3.63) is 86.8 Å². The van der Waals surface area contributed by atoms with Crippen molar-refractivity contribution >= 4 is 39.5 Å². The molecule has 31 heavy (non-hydrogen) atoms. The van der Waals surface area contributed by atoms with Crippen LogP contribution in [0.4, 0.5) is 15.8 Å². The van der Waals surface area contributed by atoms with Gasteiger partial charge in [0.15, 0.2) is 0 Å². The summed E-state index contributed by atoms with van der Waals surface area (Å²) < 4.78 is 14.7. The second-order valence-corrected chi connectivity index (χ2v) is 8.45. The van der Waals surface area contributed by atoms with Crippen LogP contribution in [0.25, 0.3) is 10.9 Å². The Balaban J connectivity index is 1.37. The maximum Gasteiger partial charge on any atom is 0.261 e. The lowest BCUT2D eigenvalue weighted by Gasteiger charge is -2.30. The smallest absolute Gasteiger partial charge is 0.261 e. The van der Waals surface area contributed by atoms with E-state index in [-0.39, 0.29) is 17.8 Å². The van der Waals surface area contributed by atoms with Gasteiger partial charge in [-0.25, -0.2) is 9.37 Å². The molecule has 4 aromatic rings. The summed E-state index contributed by atoms with van der Waals surface area (Å²) in [6.45, 7) is 1.46. The Morgan fingerprint density at radius 3 is 2.97 bits per heavy atom. The van der Waals surface area contributed by atoms with Crippen LogP contribution in [-0.4, -0.2) is 22.0 Å². The lowest BCUT2D eigenvalue weighted by atomic mass is 10.1. The molecule has 1 aliphatic heterocycles. The summed E-state index contributed by atoms with van der Waals surface area (Å²) in [5.41, 5.74) is 2.90. The standard InChI is InChI=1S/C23H19FN4O2S/c24-16-5-6-18-17(11-16)23(30)28(14-25-18)13-22(29)26-19-3-1-2-4-20(19)27-9-7-21-15(12-27)8-10-31-21/h1-6,8,10-11,14H,7,9,12-13H2,(H,26,29). The van der Waals surface area contributed by atoms with E-state index in [2.05, 4.69) is 26.6 Å². The molecule has 0 fully saturated rings. The van der Waals surface area contributed by atoms with E-state index in [1.165, 1.54) is 33.5 Å². The lowest BCUT2D eigenvalue weighted by molar-refractivity contribution is -0.116. The fraction of sp³-hybridized carbons (Fsp3) is 0.174. The minimum atomic E-state index is -0.516. The predicted octanol–water partition coefficient (Wildman–Crippen LogP) is 3.80. The predicted molar refractivity (Wildman–Crippen MR) is 120 cm³/mol. The summed E-state index contributed by atoms with van der Waals surface area (Å²) in [7, 11) is 0.